The summed E-state index contributed by atoms with van der Waals surface area (Å²) in [6.07, 6.45) is 3.26. The number of esters is 1. The Balaban J connectivity index is 1.51. The van der Waals surface area contributed by atoms with Gasteiger partial charge in [-0.15, -0.1) is 0 Å². The predicted octanol–water partition coefficient (Wildman–Crippen LogP) is 1.88. The van der Waals surface area contributed by atoms with Gasteiger partial charge in [0, 0.05) is 33.5 Å². The summed E-state index contributed by atoms with van der Waals surface area (Å²) in [4.78, 5) is 57.5. The molecule has 0 spiro atoms. The number of nitrogens with two attached hydrogens (primary N) is 1. The van der Waals surface area contributed by atoms with Crippen LogP contribution in [-0.4, -0.2) is 94.4 Å². The molecule has 3 amide bonds. The maximum Gasteiger partial charge on any atom is 0.302 e. The van der Waals surface area contributed by atoms with Crippen LogP contribution in [0.1, 0.15) is 43.7 Å². The van der Waals surface area contributed by atoms with Gasteiger partial charge in [0.05, 0.1) is 12.1 Å². The van der Waals surface area contributed by atoms with Crippen LogP contribution in [0, 0.1) is 0 Å². The molecule has 41 heavy (non-hydrogen) atoms. The van der Waals surface area contributed by atoms with Crippen LogP contribution in [0.4, 0.5) is 0 Å². The Morgan fingerprint density at radius 3 is 2.24 bits per heavy atom. The maximum atomic E-state index is 14.0. The zero-order valence-corrected chi connectivity index (χ0v) is 23.8. The van der Waals surface area contributed by atoms with E-state index in [0.717, 1.165) is 24.0 Å². The number of ether oxygens (including phenoxy) is 1. The van der Waals surface area contributed by atoms with Crippen molar-refractivity contribution in [3.8, 4) is 5.75 Å². The minimum Gasteiger partial charge on any atom is -0.508 e. The minimum absolute atomic E-state index is 0.126. The van der Waals surface area contributed by atoms with Crippen LogP contribution in [0.2, 0.25) is 0 Å². The van der Waals surface area contributed by atoms with E-state index in [1.165, 1.54) is 11.8 Å². The number of nitrogens with zero attached hydrogens (tertiary/aromatic N) is 3. The van der Waals surface area contributed by atoms with Crippen LogP contribution >= 0.6 is 0 Å². The van der Waals surface area contributed by atoms with E-state index in [1.54, 1.807) is 41.1 Å². The van der Waals surface area contributed by atoms with Gasteiger partial charge < -0.3 is 30.3 Å². The number of benzene rings is 2. The number of hydrogen-bond acceptors (Lipinski definition) is 7. The second-order valence-corrected chi connectivity index (χ2v) is 11.0. The second kappa shape index (κ2) is 13.6. The predicted molar refractivity (Wildman–Crippen MR) is 153 cm³/mol. The highest BCUT2D eigenvalue weighted by atomic mass is 16.5. The molecule has 2 aliphatic rings. The molecular formula is C31H40N4O6. The molecule has 2 aliphatic heterocycles. The number of carbonyl (C=O) groups is 4. The lowest BCUT2D eigenvalue weighted by atomic mass is 10.0. The Bertz CT molecular complexity index is 1220. The average molecular weight is 565 g/mol. The summed E-state index contributed by atoms with van der Waals surface area (Å²) in [7, 11) is 1.63. The molecule has 0 radical (unpaired) electrons. The number of rotatable bonds is 10. The van der Waals surface area contributed by atoms with E-state index in [4.69, 9.17) is 10.5 Å². The summed E-state index contributed by atoms with van der Waals surface area (Å²) < 4.78 is 5.22. The summed E-state index contributed by atoms with van der Waals surface area (Å²) in [5, 5.41) is 9.53. The summed E-state index contributed by atoms with van der Waals surface area (Å²) >= 11 is 0. The second-order valence-electron chi connectivity index (χ2n) is 11.0. The van der Waals surface area contributed by atoms with E-state index in [1.807, 2.05) is 30.3 Å². The van der Waals surface area contributed by atoms with E-state index in [0.29, 0.717) is 32.4 Å². The molecule has 0 bridgehead atoms. The van der Waals surface area contributed by atoms with Gasteiger partial charge in [0.1, 0.15) is 24.4 Å². The summed E-state index contributed by atoms with van der Waals surface area (Å²) in [6, 6.07) is 13.5. The van der Waals surface area contributed by atoms with Crippen molar-refractivity contribution in [1.82, 2.24) is 14.7 Å². The minimum atomic E-state index is -0.841. The number of likely N-dealkylation sites (N-methyl/N-ethyl adjacent to an activating group) is 1. The SMILES string of the molecule is CC(=O)OC[C@H]1CCCN1C(=O)[C@H](Cc1ccccc1)N(C)C(=O)[C@@H]1CCCN1C(=O)[C@@H](N)Cc1ccc(O)cc1. The van der Waals surface area contributed by atoms with Crippen molar-refractivity contribution in [2.75, 3.05) is 26.7 Å². The first-order valence-electron chi connectivity index (χ1n) is 14.2. The van der Waals surface area contributed by atoms with Gasteiger partial charge in [-0.3, -0.25) is 19.2 Å². The molecule has 0 aliphatic carbocycles. The van der Waals surface area contributed by atoms with Gasteiger partial charge in [0.2, 0.25) is 17.7 Å². The van der Waals surface area contributed by atoms with Crippen molar-refractivity contribution >= 4 is 23.7 Å². The van der Waals surface area contributed by atoms with E-state index >= 15 is 0 Å². The Hall–Kier alpha value is -3.92. The van der Waals surface area contributed by atoms with Crippen LogP contribution in [0.15, 0.2) is 54.6 Å². The van der Waals surface area contributed by atoms with Gasteiger partial charge in [-0.25, -0.2) is 0 Å². The van der Waals surface area contributed by atoms with Crippen molar-refractivity contribution in [1.29, 1.82) is 0 Å². The van der Waals surface area contributed by atoms with Crippen LogP contribution in [0.5, 0.6) is 5.75 Å². The van der Waals surface area contributed by atoms with Crippen LogP contribution < -0.4 is 5.73 Å². The highest BCUT2D eigenvalue weighted by Crippen LogP contribution is 2.25. The fraction of sp³-hybridized carbons (Fsp3) is 0.484. The smallest absolute Gasteiger partial charge is 0.302 e. The molecule has 10 nitrogen and oxygen atoms in total. The van der Waals surface area contributed by atoms with E-state index in [9.17, 15) is 24.3 Å². The van der Waals surface area contributed by atoms with E-state index < -0.39 is 24.1 Å². The Morgan fingerprint density at radius 2 is 1.56 bits per heavy atom. The average Bonchev–Trinajstić information content (AvgIpc) is 3.65. The number of hydrogen-bond donors (Lipinski definition) is 2. The third kappa shape index (κ3) is 7.43. The summed E-state index contributed by atoms with van der Waals surface area (Å²) in [6.45, 7) is 2.41. The molecule has 2 heterocycles. The largest absolute Gasteiger partial charge is 0.508 e. The van der Waals surface area contributed by atoms with Crippen molar-refractivity contribution in [2.45, 2.75) is 69.6 Å². The van der Waals surface area contributed by atoms with Crippen molar-refractivity contribution < 1.29 is 29.0 Å². The number of phenolic OH excluding ortho intramolecular Hbond substituents is 1. The molecule has 2 saturated heterocycles. The Labute approximate surface area is 241 Å². The van der Waals surface area contributed by atoms with Crippen molar-refractivity contribution in [2.24, 2.45) is 5.73 Å². The van der Waals surface area contributed by atoms with Crippen molar-refractivity contribution in [3.63, 3.8) is 0 Å². The lowest BCUT2D eigenvalue weighted by Crippen LogP contribution is -2.57. The Kier molecular flexibility index (Phi) is 9.99. The molecular weight excluding hydrogens is 524 g/mol. The number of carbonyl (C=O) groups excluding carboxylic acids is 4. The standard InChI is InChI=1S/C31H40N4O6/c1-21(36)41-20-24-10-6-16-34(24)31(40)28(19-22-8-4-3-5-9-22)33(2)30(39)27-11-7-17-35(27)29(38)26(32)18-23-12-14-25(37)15-13-23/h3-5,8-9,12-15,24,26-28,37H,6-7,10-11,16-20,32H2,1-2H3/t24-,26+,27+,28+/m1/s1. The highest BCUT2D eigenvalue weighted by molar-refractivity contribution is 5.93. The molecule has 3 N–H and O–H groups in total. The third-order valence-corrected chi connectivity index (χ3v) is 8.04. The normalized spacial score (nSPS) is 20.0. The monoisotopic (exact) mass is 564 g/mol. The maximum absolute atomic E-state index is 14.0. The van der Waals surface area contributed by atoms with Gasteiger partial charge in [-0.05, 0) is 55.4 Å². The third-order valence-electron chi connectivity index (χ3n) is 8.04. The first-order chi connectivity index (χ1) is 19.7. The fourth-order valence-corrected chi connectivity index (χ4v) is 5.79. The van der Waals surface area contributed by atoms with Gasteiger partial charge in [-0.1, -0.05) is 42.5 Å². The number of phenols is 1. The topological polar surface area (TPSA) is 133 Å². The zero-order valence-electron chi connectivity index (χ0n) is 23.8. The first kappa shape index (κ1) is 30.0. The molecule has 10 heteroatoms. The number of aromatic hydroxyl groups is 1. The lowest BCUT2D eigenvalue weighted by Gasteiger charge is -2.36. The zero-order chi connectivity index (χ0) is 29.5. The van der Waals surface area contributed by atoms with E-state index in [-0.39, 0.29) is 42.5 Å². The van der Waals surface area contributed by atoms with E-state index in [2.05, 4.69) is 0 Å². The summed E-state index contributed by atoms with van der Waals surface area (Å²) in [5.41, 5.74) is 8.01. The van der Waals surface area contributed by atoms with Gasteiger partial charge in [-0.2, -0.15) is 0 Å². The van der Waals surface area contributed by atoms with Gasteiger partial charge in [0.15, 0.2) is 0 Å². The van der Waals surface area contributed by atoms with Crippen LogP contribution in [-0.2, 0) is 36.8 Å². The number of amides is 3. The molecule has 2 aromatic rings. The van der Waals surface area contributed by atoms with Crippen LogP contribution in [0.25, 0.3) is 0 Å². The molecule has 2 fully saturated rings. The lowest BCUT2D eigenvalue weighted by molar-refractivity contribution is -0.152. The molecule has 0 unspecified atom stereocenters. The molecule has 4 rings (SSSR count). The Morgan fingerprint density at radius 1 is 0.927 bits per heavy atom. The first-order valence-corrected chi connectivity index (χ1v) is 14.2. The molecule has 220 valence electrons. The van der Waals surface area contributed by atoms with Gasteiger partial charge >= 0.3 is 5.97 Å². The summed E-state index contributed by atoms with van der Waals surface area (Å²) in [5.74, 6) is -1.06. The molecule has 2 aromatic carbocycles. The van der Waals surface area contributed by atoms with Crippen LogP contribution in [0.3, 0.4) is 0 Å². The molecule has 4 atom stereocenters. The van der Waals surface area contributed by atoms with Gasteiger partial charge in [0.25, 0.3) is 0 Å². The number of likely N-dealkylation sites (tertiary alicyclic amines) is 2. The van der Waals surface area contributed by atoms with Crippen molar-refractivity contribution in [3.05, 3.63) is 65.7 Å². The molecule has 0 saturated carbocycles. The molecule has 0 aromatic heterocycles. The fourth-order valence-electron chi connectivity index (χ4n) is 5.79. The quantitative estimate of drug-likeness (QED) is 0.421. The highest BCUT2D eigenvalue weighted by Gasteiger charge is 2.42.